The minimum Gasteiger partial charge on any atom is -0.436 e. The molecule has 0 radical (unpaired) electrons. The zero-order valence-electron chi connectivity index (χ0n) is 9.96. The fourth-order valence-corrected chi connectivity index (χ4v) is 2.90. The zero-order valence-corrected chi connectivity index (χ0v) is 10.8. The van der Waals surface area contributed by atoms with E-state index in [2.05, 4.69) is 0 Å². The van der Waals surface area contributed by atoms with Crippen molar-refractivity contribution >= 4 is 17.7 Å². The number of cyclic esters (lactones) is 1. The summed E-state index contributed by atoms with van der Waals surface area (Å²) in [4.78, 5) is 12.9. The molecule has 1 aliphatic rings. The average molecular weight is 252 g/mol. The van der Waals surface area contributed by atoms with E-state index in [9.17, 15) is 4.79 Å². The second-order valence-electron chi connectivity index (χ2n) is 4.08. The van der Waals surface area contributed by atoms with Gasteiger partial charge in [0.2, 0.25) is 0 Å². The van der Waals surface area contributed by atoms with Crippen LogP contribution in [-0.2, 0) is 14.3 Å². The minimum atomic E-state index is -0.421. The van der Waals surface area contributed by atoms with Crippen LogP contribution in [0.1, 0.15) is 13.8 Å². The van der Waals surface area contributed by atoms with Crippen molar-refractivity contribution in [1.29, 1.82) is 0 Å². The maximum absolute atomic E-state index is 11.7. The van der Waals surface area contributed by atoms with Crippen molar-refractivity contribution < 1.29 is 14.3 Å². The lowest BCUT2D eigenvalue weighted by Gasteiger charge is -2.31. The van der Waals surface area contributed by atoms with E-state index >= 15 is 0 Å². The van der Waals surface area contributed by atoms with E-state index < -0.39 is 6.29 Å². The highest BCUT2D eigenvalue weighted by molar-refractivity contribution is 7.99. The molecule has 0 amide bonds. The summed E-state index contributed by atoms with van der Waals surface area (Å²) >= 11 is 1.65. The Bertz CT molecular complexity index is 380. The second kappa shape index (κ2) is 5.56. The van der Waals surface area contributed by atoms with Crippen LogP contribution in [-0.4, -0.2) is 24.1 Å². The Morgan fingerprint density at radius 3 is 2.59 bits per heavy atom. The first-order valence-electron chi connectivity index (χ1n) is 5.70. The number of benzene rings is 1. The van der Waals surface area contributed by atoms with E-state index in [4.69, 9.17) is 9.47 Å². The standard InChI is InChI=1S/C13H16O3S/c1-9-12(13(14)16-10(2)15-9)8-17-11-6-4-3-5-7-11/h3-7,9-10,12H,8H2,1-2H3/t9-,10-,12-/m0/s1. The van der Waals surface area contributed by atoms with Crippen molar-refractivity contribution in [1.82, 2.24) is 0 Å². The van der Waals surface area contributed by atoms with Crippen molar-refractivity contribution in [3.05, 3.63) is 30.3 Å². The molecule has 1 aromatic rings. The number of ether oxygens (including phenoxy) is 2. The Morgan fingerprint density at radius 1 is 1.24 bits per heavy atom. The normalized spacial score (nSPS) is 28.8. The molecule has 0 unspecified atom stereocenters. The van der Waals surface area contributed by atoms with Gasteiger partial charge in [-0.25, -0.2) is 0 Å². The van der Waals surface area contributed by atoms with Gasteiger partial charge in [-0.05, 0) is 26.0 Å². The third-order valence-electron chi connectivity index (χ3n) is 2.73. The molecular formula is C13H16O3S. The predicted octanol–water partition coefficient (Wildman–Crippen LogP) is 2.70. The number of hydrogen-bond acceptors (Lipinski definition) is 4. The molecule has 1 heterocycles. The van der Waals surface area contributed by atoms with Gasteiger partial charge < -0.3 is 9.47 Å². The molecule has 0 saturated carbocycles. The van der Waals surface area contributed by atoms with Crippen LogP contribution in [0.2, 0.25) is 0 Å². The molecule has 0 spiro atoms. The third-order valence-corrected chi connectivity index (χ3v) is 3.86. The van der Waals surface area contributed by atoms with Crippen molar-refractivity contribution in [2.75, 3.05) is 5.75 Å². The van der Waals surface area contributed by atoms with Gasteiger partial charge >= 0.3 is 5.97 Å². The van der Waals surface area contributed by atoms with E-state index in [1.54, 1.807) is 18.7 Å². The molecule has 4 heteroatoms. The van der Waals surface area contributed by atoms with Crippen LogP contribution < -0.4 is 0 Å². The molecule has 0 N–H and O–H groups in total. The first-order chi connectivity index (χ1) is 8.16. The largest absolute Gasteiger partial charge is 0.436 e. The topological polar surface area (TPSA) is 35.5 Å². The SMILES string of the molecule is C[C@@H]1OC(=O)[C@@H](CSc2ccccc2)[C@H](C)O1. The first kappa shape index (κ1) is 12.5. The number of rotatable bonds is 3. The zero-order chi connectivity index (χ0) is 12.3. The Labute approximate surface area is 105 Å². The van der Waals surface area contributed by atoms with Gasteiger partial charge in [0.15, 0.2) is 6.29 Å². The van der Waals surface area contributed by atoms with Crippen molar-refractivity contribution in [2.45, 2.75) is 31.1 Å². The summed E-state index contributed by atoms with van der Waals surface area (Å²) in [6, 6.07) is 10.0. The number of carbonyl (C=O) groups excluding carboxylic acids is 1. The Morgan fingerprint density at radius 2 is 1.94 bits per heavy atom. The molecule has 3 atom stereocenters. The van der Waals surface area contributed by atoms with E-state index in [1.807, 2.05) is 37.3 Å². The van der Waals surface area contributed by atoms with Gasteiger partial charge in [0, 0.05) is 10.6 Å². The smallest absolute Gasteiger partial charge is 0.314 e. The van der Waals surface area contributed by atoms with Crippen molar-refractivity contribution in [2.24, 2.45) is 5.92 Å². The highest BCUT2D eigenvalue weighted by Crippen LogP contribution is 2.27. The van der Waals surface area contributed by atoms with Gasteiger partial charge in [-0.3, -0.25) is 4.79 Å². The number of thioether (sulfide) groups is 1. The van der Waals surface area contributed by atoms with Crippen LogP contribution in [0.5, 0.6) is 0 Å². The predicted molar refractivity (Wildman–Crippen MR) is 66.8 cm³/mol. The third kappa shape index (κ3) is 3.23. The Hall–Kier alpha value is -1.00. The van der Waals surface area contributed by atoms with Gasteiger partial charge in [-0.15, -0.1) is 11.8 Å². The lowest BCUT2D eigenvalue weighted by Crippen LogP contribution is -2.42. The Balaban J connectivity index is 1.92. The van der Waals surface area contributed by atoms with E-state index in [-0.39, 0.29) is 18.0 Å². The molecule has 1 saturated heterocycles. The molecule has 0 aliphatic carbocycles. The number of carbonyl (C=O) groups is 1. The lowest BCUT2D eigenvalue weighted by atomic mass is 10.1. The number of hydrogen-bond donors (Lipinski definition) is 0. The summed E-state index contributed by atoms with van der Waals surface area (Å²) in [5, 5.41) is 0. The van der Waals surface area contributed by atoms with Gasteiger partial charge in [0.25, 0.3) is 0 Å². The van der Waals surface area contributed by atoms with Crippen LogP contribution in [0.15, 0.2) is 35.2 Å². The average Bonchev–Trinajstić information content (AvgIpc) is 2.29. The molecular weight excluding hydrogens is 236 g/mol. The van der Waals surface area contributed by atoms with Crippen LogP contribution in [0.4, 0.5) is 0 Å². The maximum Gasteiger partial charge on any atom is 0.314 e. The molecule has 1 fully saturated rings. The lowest BCUT2D eigenvalue weighted by molar-refractivity contribution is -0.219. The van der Waals surface area contributed by atoms with Gasteiger partial charge in [0.05, 0.1) is 12.0 Å². The van der Waals surface area contributed by atoms with E-state index in [0.29, 0.717) is 5.75 Å². The maximum atomic E-state index is 11.7. The molecule has 1 aromatic carbocycles. The van der Waals surface area contributed by atoms with Crippen molar-refractivity contribution in [3.8, 4) is 0 Å². The molecule has 0 bridgehead atoms. The monoisotopic (exact) mass is 252 g/mol. The van der Waals surface area contributed by atoms with Crippen LogP contribution in [0.25, 0.3) is 0 Å². The van der Waals surface area contributed by atoms with Crippen molar-refractivity contribution in [3.63, 3.8) is 0 Å². The van der Waals surface area contributed by atoms with Gasteiger partial charge in [-0.1, -0.05) is 18.2 Å². The molecule has 17 heavy (non-hydrogen) atoms. The fraction of sp³-hybridized carbons (Fsp3) is 0.462. The summed E-state index contributed by atoms with van der Waals surface area (Å²) in [6.45, 7) is 3.67. The summed E-state index contributed by atoms with van der Waals surface area (Å²) in [7, 11) is 0. The molecule has 2 rings (SSSR count). The molecule has 92 valence electrons. The summed E-state index contributed by atoms with van der Waals surface area (Å²) in [5.74, 6) is 0.354. The minimum absolute atomic E-state index is 0.0811. The Kier molecular flexibility index (Phi) is 4.07. The highest BCUT2D eigenvalue weighted by Gasteiger charge is 2.34. The quantitative estimate of drug-likeness (QED) is 0.612. The van der Waals surface area contributed by atoms with Crippen LogP contribution in [0.3, 0.4) is 0 Å². The fourth-order valence-electron chi connectivity index (χ4n) is 1.77. The molecule has 0 aromatic heterocycles. The second-order valence-corrected chi connectivity index (χ2v) is 5.17. The van der Waals surface area contributed by atoms with Crippen LogP contribution in [0, 0.1) is 5.92 Å². The summed E-state index contributed by atoms with van der Waals surface area (Å²) in [6.07, 6.45) is -0.502. The molecule has 3 nitrogen and oxygen atoms in total. The molecule has 1 aliphatic heterocycles. The highest BCUT2D eigenvalue weighted by atomic mass is 32.2. The summed E-state index contributed by atoms with van der Waals surface area (Å²) < 4.78 is 10.6. The van der Waals surface area contributed by atoms with Gasteiger partial charge in [0.1, 0.15) is 0 Å². The van der Waals surface area contributed by atoms with Gasteiger partial charge in [-0.2, -0.15) is 0 Å². The summed E-state index contributed by atoms with van der Waals surface area (Å²) in [5.41, 5.74) is 0. The first-order valence-corrected chi connectivity index (χ1v) is 6.69. The van der Waals surface area contributed by atoms with E-state index in [1.165, 1.54) is 0 Å². The van der Waals surface area contributed by atoms with Crippen LogP contribution >= 0.6 is 11.8 Å². The number of esters is 1. The van der Waals surface area contributed by atoms with E-state index in [0.717, 1.165) is 4.90 Å².